The second-order valence-corrected chi connectivity index (χ2v) is 8.46. The molecule has 198 valence electrons. The Morgan fingerprint density at radius 2 is 1.89 bits per heavy atom. The zero-order valence-electron chi connectivity index (χ0n) is 19.6. The Bertz CT molecular complexity index is 922. The van der Waals surface area contributed by atoms with Crippen LogP contribution in [0.2, 0.25) is 0 Å². The van der Waals surface area contributed by atoms with Gasteiger partial charge in [-0.2, -0.15) is 18.3 Å². The molecule has 0 aliphatic carbocycles. The van der Waals surface area contributed by atoms with Gasteiger partial charge in [0.1, 0.15) is 5.69 Å². The van der Waals surface area contributed by atoms with Crippen LogP contribution < -0.4 is 0 Å². The number of aromatic nitrogens is 2. The molecule has 0 radical (unpaired) electrons. The van der Waals surface area contributed by atoms with E-state index in [1.807, 2.05) is 6.92 Å². The zero-order chi connectivity index (χ0) is 26.6. The maximum absolute atomic E-state index is 13.3. The van der Waals surface area contributed by atoms with E-state index in [4.69, 9.17) is 14.6 Å². The third-order valence-electron chi connectivity index (χ3n) is 6.21. The minimum absolute atomic E-state index is 0.0634. The molecule has 2 fully saturated rings. The van der Waals surface area contributed by atoms with Crippen molar-refractivity contribution in [3.63, 3.8) is 0 Å². The highest BCUT2D eigenvalue weighted by Crippen LogP contribution is 2.44. The standard InChI is InChI=1S/C19H28F2N4O3.C2HF3O2/c1-4-24-9-13-10-25(8-6-7-19(13,12-24)18(27)28-5-2)17(26)14-11-23(3)22-15(14)16(20)21;3-2(4,5)1(6)7/h11,13,16H,4-10,12H2,1-3H3;(H,6,7)/t13-,19+;/m1./s1. The van der Waals surface area contributed by atoms with Crippen LogP contribution >= 0.6 is 0 Å². The fourth-order valence-corrected chi connectivity index (χ4v) is 4.57. The largest absolute Gasteiger partial charge is 0.490 e. The van der Waals surface area contributed by atoms with Crippen LogP contribution in [0.1, 0.15) is 49.2 Å². The van der Waals surface area contributed by atoms with Gasteiger partial charge >= 0.3 is 18.1 Å². The van der Waals surface area contributed by atoms with E-state index < -0.39 is 35.6 Å². The van der Waals surface area contributed by atoms with Gasteiger partial charge in [-0.3, -0.25) is 14.3 Å². The number of aryl methyl sites for hydroxylation is 1. The molecule has 2 aliphatic rings. The van der Waals surface area contributed by atoms with Crippen LogP contribution in [-0.4, -0.2) is 88.0 Å². The van der Waals surface area contributed by atoms with E-state index in [-0.39, 0.29) is 17.5 Å². The average molecular weight is 512 g/mol. The molecule has 3 heterocycles. The lowest BCUT2D eigenvalue weighted by atomic mass is 9.75. The summed E-state index contributed by atoms with van der Waals surface area (Å²) in [6.07, 6.45) is -5.29. The highest BCUT2D eigenvalue weighted by molar-refractivity contribution is 5.95. The predicted octanol–water partition coefficient (Wildman–Crippen LogP) is 2.73. The number of likely N-dealkylation sites (tertiary alicyclic amines) is 2. The fraction of sp³-hybridized carbons (Fsp3) is 0.714. The van der Waals surface area contributed by atoms with Crippen LogP contribution in [0.5, 0.6) is 0 Å². The van der Waals surface area contributed by atoms with Gasteiger partial charge in [-0.05, 0) is 26.3 Å². The number of carbonyl (C=O) groups excluding carboxylic acids is 2. The topological polar surface area (TPSA) is 105 Å². The Morgan fingerprint density at radius 3 is 2.40 bits per heavy atom. The Kier molecular flexibility index (Phi) is 9.20. The summed E-state index contributed by atoms with van der Waals surface area (Å²) in [7, 11) is 1.52. The van der Waals surface area contributed by atoms with Crippen molar-refractivity contribution >= 4 is 17.8 Å². The van der Waals surface area contributed by atoms with E-state index in [0.29, 0.717) is 45.6 Å². The Labute approximate surface area is 198 Å². The van der Waals surface area contributed by atoms with Crippen molar-refractivity contribution in [2.75, 3.05) is 39.3 Å². The van der Waals surface area contributed by atoms with Gasteiger partial charge in [0.25, 0.3) is 12.3 Å². The van der Waals surface area contributed by atoms with E-state index in [9.17, 15) is 31.5 Å². The van der Waals surface area contributed by atoms with Gasteiger partial charge in [-0.25, -0.2) is 13.6 Å². The summed E-state index contributed by atoms with van der Waals surface area (Å²) in [5, 5.41) is 10.9. The summed E-state index contributed by atoms with van der Waals surface area (Å²) < 4.78 is 65.0. The molecule has 9 nitrogen and oxygen atoms in total. The van der Waals surface area contributed by atoms with Crippen molar-refractivity contribution in [1.29, 1.82) is 0 Å². The summed E-state index contributed by atoms with van der Waals surface area (Å²) in [6, 6.07) is 0. The third-order valence-corrected chi connectivity index (χ3v) is 6.21. The highest BCUT2D eigenvalue weighted by Gasteiger charge is 2.54. The third kappa shape index (κ3) is 6.47. The van der Waals surface area contributed by atoms with Crippen molar-refractivity contribution in [3.8, 4) is 0 Å². The number of carboxylic acids is 1. The normalized spacial score (nSPS) is 22.8. The molecule has 0 unspecified atom stereocenters. The second-order valence-electron chi connectivity index (χ2n) is 8.46. The molecule has 2 aliphatic heterocycles. The maximum Gasteiger partial charge on any atom is 0.490 e. The van der Waals surface area contributed by atoms with E-state index >= 15 is 0 Å². The summed E-state index contributed by atoms with van der Waals surface area (Å²) in [5.74, 6) is -3.49. The first-order valence-electron chi connectivity index (χ1n) is 11.1. The first-order chi connectivity index (χ1) is 16.3. The van der Waals surface area contributed by atoms with Gasteiger partial charge in [0, 0.05) is 45.3 Å². The number of carboxylic acid groups (broad SMARTS) is 1. The summed E-state index contributed by atoms with van der Waals surface area (Å²) in [6.45, 7) is 7.04. The Balaban J connectivity index is 0.000000540. The summed E-state index contributed by atoms with van der Waals surface area (Å²) in [5.41, 5.74) is -1.19. The smallest absolute Gasteiger partial charge is 0.475 e. The van der Waals surface area contributed by atoms with Gasteiger partial charge < -0.3 is 19.6 Å². The number of fused-ring (bicyclic) bond motifs is 1. The number of halogens is 5. The molecule has 1 N–H and O–H groups in total. The second kappa shape index (κ2) is 11.3. The average Bonchev–Trinajstić information content (AvgIpc) is 3.28. The molecule has 0 saturated carbocycles. The molecule has 35 heavy (non-hydrogen) atoms. The lowest BCUT2D eigenvalue weighted by Crippen LogP contribution is -2.43. The van der Waals surface area contributed by atoms with Crippen LogP contribution in [0, 0.1) is 11.3 Å². The highest BCUT2D eigenvalue weighted by atomic mass is 19.4. The van der Waals surface area contributed by atoms with Gasteiger partial charge in [0.15, 0.2) is 0 Å². The lowest BCUT2D eigenvalue weighted by molar-refractivity contribution is -0.192. The molecule has 1 amide bonds. The van der Waals surface area contributed by atoms with Crippen LogP contribution in [0.4, 0.5) is 22.0 Å². The van der Waals surface area contributed by atoms with Gasteiger partial charge in [0.05, 0.1) is 17.6 Å². The van der Waals surface area contributed by atoms with E-state index in [1.165, 1.54) is 17.9 Å². The number of hydrogen-bond acceptors (Lipinski definition) is 6. The first-order valence-corrected chi connectivity index (χ1v) is 11.1. The van der Waals surface area contributed by atoms with Gasteiger partial charge in [-0.1, -0.05) is 6.92 Å². The van der Waals surface area contributed by atoms with Crippen LogP contribution in [0.25, 0.3) is 0 Å². The summed E-state index contributed by atoms with van der Waals surface area (Å²) >= 11 is 0. The molecular formula is C21H29F5N4O5. The molecule has 1 aromatic rings. The molecule has 1 aromatic heterocycles. The number of aliphatic carboxylic acids is 1. The number of amides is 1. The molecule has 0 aromatic carbocycles. The quantitative estimate of drug-likeness (QED) is 0.478. The van der Waals surface area contributed by atoms with Crippen molar-refractivity contribution in [2.24, 2.45) is 18.4 Å². The first kappa shape index (κ1) is 28.5. The number of rotatable bonds is 5. The van der Waals surface area contributed by atoms with Crippen LogP contribution in [0.3, 0.4) is 0 Å². The predicted molar refractivity (Wildman–Crippen MR) is 112 cm³/mol. The molecule has 3 rings (SSSR count). The Morgan fingerprint density at radius 1 is 1.26 bits per heavy atom. The SMILES string of the molecule is CCOC(=O)[C@]12CCCN(C(=O)c3cn(C)nc3C(F)F)C[C@H]1CN(CC)C2.O=C(O)C(F)(F)F. The maximum atomic E-state index is 13.3. The van der Waals surface area contributed by atoms with Crippen LogP contribution in [-0.2, 0) is 21.4 Å². The zero-order valence-corrected chi connectivity index (χ0v) is 19.6. The fourth-order valence-electron chi connectivity index (χ4n) is 4.57. The molecule has 0 bridgehead atoms. The monoisotopic (exact) mass is 512 g/mol. The molecule has 2 atom stereocenters. The van der Waals surface area contributed by atoms with Crippen molar-refractivity contribution in [3.05, 3.63) is 17.5 Å². The number of nitrogens with zero attached hydrogens (tertiary/aromatic N) is 4. The van der Waals surface area contributed by atoms with Crippen molar-refractivity contribution in [1.82, 2.24) is 19.6 Å². The number of carbonyl (C=O) groups is 3. The van der Waals surface area contributed by atoms with Crippen molar-refractivity contribution in [2.45, 2.75) is 39.3 Å². The molecule has 14 heteroatoms. The molecule has 0 spiro atoms. The Hall–Kier alpha value is -2.77. The summed E-state index contributed by atoms with van der Waals surface area (Å²) in [4.78, 5) is 38.6. The molecular weight excluding hydrogens is 483 g/mol. The number of alkyl halides is 5. The van der Waals surface area contributed by atoms with Crippen molar-refractivity contribution < 1.29 is 46.2 Å². The number of ether oxygens (including phenoxy) is 1. The lowest BCUT2D eigenvalue weighted by Gasteiger charge is -2.31. The van der Waals surface area contributed by atoms with Gasteiger partial charge in [-0.15, -0.1) is 0 Å². The number of hydrogen-bond donors (Lipinski definition) is 1. The van der Waals surface area contributed by atoms with Gasteiger partial charge in [0.2, 0.25) is 0 Å². The minimum atomic E-state index is -5.08. The van der Waals surface area contributed by atoms with E-state index in [2.05, 4.69) is 10.00 Å². The van der Waals surface area contributed by atoms with E-state index in [1.54, 1.807) is 11.8 Å². The van der Waals surface area contributed by atoms with Crippen LogP contribution in [0.15, 0.2) is 6.20 Å². The number of esters is 1. The molecule has 2 saturated heterocycles. The van der Waals surface area contributed by atoms with E-state index in [0.717, 1.165) is 6.54 Å². The minimum Gasteiger partial charge on any atom is -0.475 e.